The van der Waals surface area contributed by atoms with Gasteiger partial charge in [-0.2, -0.15) is 0 Å². The normalized spacial score (nSPS) is 31.6. The van der Waals surface area contributed by atoms with E-state index in [1.807, 2.05) is 0 Å². The van der Waals surface area contributed by atoms with E-state index in [1.165, 1.54) is 12.8 Å². The SMILES string of the molecule is CNC(=O)C1COCCN1CC1CCCN1. The Balaban J connectivity index is 1.90. The van der Waals surface area contributed by atoms with Crippen molar-refractivity contribution in [1.29, 1.82) is 0 Å². The predicted molar refractivity (Wildman–Crippen MR) is 61.3 cm³/mol. The van der Waals surface area contributed by atoms with Gasteiger partial charge < -0.3 is 15.4 Å². The van der Waals surface area contributed by atoms with Crippen LogP contribution in [0.15, 0.2) is 0 Å². The van der Waals surface area contributed by atoms with E-state index in [1.54, 1.807) is 7.05 Å². The van der Waals surface area contributed by atoms with Crippen LogP contribution in [0, 0.1) is 0 Å². The van der Waals surface area contributed by atoms with E-state index < -0.39 is 0 Å². The molecule has 0 aromatic carbocycles. The molecule has 2 fully saturated rings. The first-order valence-corrected chi connectivity index (χ1v) is 6.08. The van der Waals surface area contributed by atoms with Crippen molar-refractivity contribution in [3.63, 3.8) is 0 Å². The van der Waals surface area contributed by atoms with Gasteiger partial charge in [-0.1, -0.05) is 0 Å². The van der Waals surface area contributed by atoms with Crippen molar-refractivity contribution in [2.45, 2.75) is 24.9 Å². The summed E-state index contributed by atoms with van der Waals surface area (Å²) < 4.78 is 5.38. The highest BCUT2D eigenvalue weighted by Gasteiger charge is 2.30. The number of rotatable bonds is 3. The molecule has 2 aliphatic heterocycles. The quantitative estimate of drug-likeness (QED) is 0.662. The summed E-state index contributed by atoms with van der Waals surface area (Å²) in [7, 11) is 1.68. The minimum absolute atomic E-state index is 0.0673. The van der Waals surface area contributed by atoms with Crippen molar-refractivity contribution in [2.75, 3.05) is 39.9 Å². The van der Waals surface area contributed by atoms with Crippen molar-refractivity contribution in [2.24, 2.45) is 0 Å². The molecule has 2 atom stereocenters. The highest BCUT2D eigenvalue weighted by molar-refractivity contribution is 5.81. The van der Waals surface area contributed by atoms with Crippen LogP contribution in [0.2, 0.25) is 0 Å². The van der Waals surface area contributed by atoms with E-state index in [0.717, 1.165) is 26.2 Å². The average Bonchev–Trinajstić information content (AvgIpc) is 2.82. The third-order valence-electron chi connectivity index (χ3n) is 3.41. The lowest BCUT2D eigenvalue weighted by atomic mass is 10.1. The van der Waals surface area contributed by atoms with Crippen molar-refractivity contribution in [3.05, 3.63) is 0 Å². The molecule has 0 aromatic rings. The van der Waals surface area contributed by atoms with Crippen LogP contribution in [-0.2, 0) is 9.53 Å². The van der Waals surface area contributed by atoms with Crippen LogP contribution in [-0.4, -0.2) is 62.8 Å². The van der Waals surface area contributed by atoms with Gasteiger partial charge in [-0.15, -0.1) is 0 Å². The number of nitrogens with zero attached hydrogens (tertiary/aromatic N) is 1. The third-order valence-corrected chi connectivity index (χ3v) is 3.41. The number of morpholine rings is 1. The first-order chi connectivity index (χ1) is 7.81. The van der Waals surface area contributed by atoms with Crippen LogP contribution in [0.25, 0.3) is 0 Å². The lowest BCUT2D eigenvalue weighted by molar-refractivity contribution is -0.132. The maximum Gasteiger partial charge on any atom is 0.239 e. The fraction of sp³-hybridized carbons (Fsp3) is 0.909. The first-order valence-electron chi connectivity index (χ1n) is 6.08. The van der Waals surface area contributed by atoms with Gasteiger partial charge in [-0.25, -0.2) is 0 Å². The molecule has 2 aliphatic rings. The average molecular weight is 227 g/mol. The van der Waals surface area contributed by atoms with Crippen LogP contribution >= 0.6 is 0 Å². The monoisotopic (exact) mass is 227 g/mol. The Morgan fingerprint density at radius 3 is 3.19 bits per heavy atom. The summed E-state index contributed by atoms with van der Waals surface area (Å²) in [6.07, 6.45) is 2.47. The molecule has 2 unspecified atom stereocenters. The zero-order valence-corrected chi connectivity index (χ0v) is 9.87. The van der Waals surface area contributed by atoms with Gasteiger partial charge in [0.2, 0.25) is 5.91 Å². The Bertz CT molecular complexity index is 241. The number of nitrogens with one attached hydrogen (secondary N) is 2. The standard InChI is InChI=1S/C11H21N3O2/c1-12-11(15)10-8-16-6-5-14(10)7-9-3-2-4-13-9/h9-10,13H,2-8H2,1H3,(H,12,15). The van der Waals surface area contributed by atoms with Gasteiger partial charge in [0.1, 0.15) is 6.04 Å². The van der Waals surface area contributed by atoms with E-state index in [-0.39, 0.29) is 11.9 Å². The fourth-order valence-electron chi connectivity index (χ4n) is 2.46. The van der Waals surface area contributed by atoms with Gasteiger partial charge in [0, 0.05) is 26.2 Å². The lowest BCUT2D eigenvalue weighted by Crippen LogP contribution is -2.55. The molecule has 5 nitrogen and oxygen atoms in total. The number of hydrogen-bond acceptors (Lipinski definition) is 4. The second-order valence-electron chi connectivity index (χ2n) is 4.49. The van der Waals surface area contributed by atoms with Crippen LogP contribution in [0.5, 0.6) is 0 Å². The van der Waals surface area contributed by atoms with Crippen LogP contribution in [0.4, 0.5) is 0 Å². The summed E-state index contributed by atoms with van der Waals surface area (Å²) in [4.78, 5) is 13.9. The summed E-state index contributed by atoms with van der Waals surface area (Å²) in [5.41, 5.74) is 0. The van der Waals surface area contributed by atoms with Crippen molar-refractivity contribution >= 4 is 5.91 Å². The minimum atomic E-state index is -0.110. The number of hydrogen-bond donors (Lipinski definition) is 2. The Hall–Kier alpha value is -0.650. The Morgan fingerprint density at radius 1 is 1.62 bits per heavy atom. The van der Waals surface area contributed by atoms with Crippen molar-refractivity contribution < 1.29 is 9.53 Å². The fourth-order valence-corrected chi connectivity index (χ4v) is 2.46. The second kappa shape index (κ2) is 5.61. The molecule has 2 rings (SSSR count). The van der Waals surface area contributed by atoms with E-state index in [9.17, 15) is 4.79 Å². The lowest BCUT2D eigenvalue weighted by Gasteiger charge is -2.35. The molecule has 92 valence electrons. The highest BCUT2D eigenvalue weighted by Crippen LogP contribution is 2.12. The topological polar surface area (TPSA) is 53.6 Å². The smallest absolute Gasteiger partial charge is 0.239 e. The maximum atomic E-state index is 11.7. The summed E-state index contributed by atoms with van der Waals surface area (Å²) in [5, 5.41) is 6.18. The zero-order valence-electron chi connectivity index (χ0n) is 9.87. The first kappa shape index (κ1) is 11.8. The number of carbonyl (C=O) groups excluding carboxylic acids is 1. The minimum Gasteiger partial charge on any atom is -0.378 e. The predicted octanol–water partition coefficient (Wildman–Crippen LogP) is -0.815. The van der Waals surface area contributed by atoms with E-state index >= 15 is 0 Å². The molecule has 2 saturated heterocycles. The molecule has 2 heterocycles. The molecule has 16 heavy (non-hydrogen) atoms. The highest BCUT2D eigenvalue weighted by atomic mass is 16.5. The zero-order chi connectivity index (χ0) is 11.4. The van der Waals surface area contributed by atoms with Gasteiger partial charge >= 0.3 is 0 Å². The number of amides is 1. The third kappa shape index (κ3) is 2.72. The maximum absolute atomic E-state index is 11.7. The van der Waals surface area contributed by atoms with Crippen LogP contribution in [0.1, 0.15) is 12.8 Å². The van der Waals surface area contributed by atoms with E-state index in [2.05, 4.69) is 15.5 Å². The Labute approximate surface area is 96.5 Å². The molecule has 0 aromatic heterocycles. The summed E-state index contributed by atoms with van der Waals surface area (Å²) in [6.45, 7) is 4.18. The van der Waals surface area contributed by atoms with Crippen LogP contribution in [0.3, 0.4) is 0 Å². The molecule has 0 saturated carbocycles. The molecule has 5 heteroatoms. The molecular formula is C11H21N3O2. The number of carbonyl (C=O) groups is 1. The van der Waals surface area contributed by atoms with Gasteiger partial charge in [-0.05, 0) is 19.4 Å². The molecule has 2 N–H and O–H groups in total. The Morgan fingerprint density at radius 2 is 2.50 bits per heavy atom. The van der Waals surface area contributed by atoms with Gasteiger partial charge in [0.05, 0.1) is 13.2 Å². The number of ether oxygens (including phenoxy) is 1. The van der Waals surface area contributed by atoms with Gasteiger partial charge in [0.25, 0.3) is 0 Å². The van der Waals surface area contributed by atoms with Crippen molar-refractivity contribution in [3.8, 4) is 0 Å². The van der Waals surface area contributed by atoms with Gasteiger partial charge in [0.15, 0.2) is 0 Å². The second-order valence-corrected chi connectivity index (χ2v) is 4.49. The van der Waals surface area contributed by atoms with E-state index in [4.69, 9.17) is 4.74 Å². The molecule has 0 bridgehead atoms. The summed E-state index contributed by atoms with van der Waals surface area (Å²) in [5.74, 6) is 0.0673. The number of likely N-dealkylation sites (N-methyl/N-ethyl adjacent to an activating group) is 1. The van der Waals surface area contributed by atoms with Crippen molar-refractivity contribution in [1.82, 2.24) is 15.5 Å². The molecular weight excluding hydrogens is 206 g/mol. The van der Waals surface area contributed by atoms with Gasteiger partial charge in [-0.3, -0.25) is 9.69 Å². The molecule has 1 amide bonds. The Kier molecular flexibility index (Phi) is 4.15. The molecule has 0 radical (unpaired) electrons. The van der Waals surface area contributed by atoms with E-state index in [0.29, 0.717) is 12.6 Å². The van der Waals surface area contributed by atoms with Crippen LogP contribution < -0.4 is 10.6 Å². The molecule has 0 spiro atoms. The summed E-state index contributed by atoms with van der Waals surface area (Å²) >= 11 is 0. The summed E-state index contributed by atoms with van der Waals surface area (Å²) in [6, 6.07) is 0.436. The largest absolute Gasteiger partial charge is 0.378 e. The molecule has 0 aliphatic carbocycles.